The first-order valence-corrected chi connectivity index (χ1v) is 16.1. The summed E-state index contributed by atoms with van der Waals surface area (Å²) in [6, 6.07) is 27.1. The van der Waals surface area contributed by atoms with Gasteiger partial charge in [-0.05, 0) is 101 Å². The number of anilines is 2. The minimum Gasteiger partial charge on any atom is -0.492 e. The molecule has 3 heterocycles. The molecular formula is C34H37ClN4OS2. The van der Waals surface area contributed by atoms with Gasteiger partial charge in [-0.1, -0.05) is 65.5 Å². The SMILES string of the molecule is CN(C)CCCN1c2ccccc2Sc2cccnc21.CN(C)CCOC1=Cc2ccccc2Sc2ccc(Cl)cc21. The van der Waals surface area contributed by atoms with Crippen LogP contribution >= 0.6 is 35.1 Å². The fraction of sp³-hybridized carbons (Fsp3) is 0.265. The molecule has 42 heavy (non-hydrogen) atoms. The number of pyridine rings is 1. The Kier molecular flexibility index (Phi) is 10.5. The lowest BCUT2D eigenvalue weighted by atomic mass is 10.1. The highest BCUT2D eigenvalue weighted by Gasteiger charge is 2.23. The van der Waals surface area contributed by atoms with Crippen molar-refractivity contribution >= 4 is 58.5 Å². The molecule has 0 saturated carbocycles. The van der Waals surface area contributed by atoms with E-state index >= 15 is 0 Å². The second-order valence-corrected chi connectivity index (χ2v) is 13.2. The average Bonchev–Trinajstić information content (AvgIpc) is 3.13. The highest BCUT2D eigenvalue weighted by atomic mass is 35.5. The van der Waals surface area contributed by atoms with Crippen molar-refractivity contribution in [3.8, 4) is 0 Å². The van der Waals surface area contributed by atoms with Gasteiger partial charge in [0.15, 0.2) is 0 Å². The largest absolute Gasteiger partial charge is 0.492 e. The van der Waals surface area contributed by atoms with Crippen molar-refractivity contribution in [3.63, 3.8) is 0 Å². The molecule has 0 aliphatic carbocycles. The molecule has 0 bridgehead atoms. The Morgan fingerprint density at radius 2 is 1.50 bits per heavy atom. The summed E-state index contributed by atoms with van der Waals surface area (Å²) in [7, 11) is 8.32. The molecule has 0 saturated heterocycles. The van der Waals surface area contributed by atoms with Gasteiger partial charge in [0.2, 0.25) is 0 Å². The summed E-state index contributed by atoms with van der Waals surface area (Å²) in [6.07, 6.45) is 5.12. The van der Waals surface area contributed by atoms with E-state index in [2.05, 4.69) is 101 Å². The van der Waals surface area contributed by atoms with Crippen LogP contribution in [0, 0.1) is 0 Å². The fourth-order valence-electron chi connectivity index (χ4n) is 4.71. The zero-order valence-electron chi connectivity index (χ0n) is 24.6. The maximum Gasteiger partial charge on any atom is 0.147 e. The second-order valence-electron chi connectivity index (χ2n) is 10.6. The van der Waals surface area contributed by atoms with Crippen LogP contribution in [0.1, 0.15) is 17.5 Å². The molecule has 0 atom stereocenters. The molecule has 3 aromatic carbocycles. The van der Waals surface area contributed by atoms with E-state index in [0.717, 1.165) is 48.2 Å². The van der Waals surface area contributed by atoms with Crippen molar-refractivity contribution < 1.29 is 4.74 Å². The first kappa shape index (κ1) is 30.5. The third-order valence-corrected chi connectivity index (χ3v) is 9.30. The summed E-state index contributed by atoms with van der Waals surface area (Å²) >= 11 is 9.76. The highest BCUT2D eigenvalue weighted by molar-refractivity contribution is 8.00. The molecule has 218 valence electrons. The number of likely N-dealkylation sites (N-methyl/N-ethyl adjacent to an activating group) is 1. The quantitative estimate of drug-likeness (QED) is 0.196. The van der Waals surface area contributed by atoms with E-state index in [1.54, 1.807) is 11.8 Å². The zero-order valence-corrected chi connectivity index (χ0v) is 27.0. The number of rotatable bonds is 8. The Morgan fingerprint density at radius 3 is 2.31 bits per heavy atom. The Bertz CT molecular complexity index is 1500. The van der Waals surface area contributed by atoms with Gasteiger partial charge in [-0.25, -0.2) is 4.98 Å². The first-order valence-electron chi connectivity index (χ1n) is 14.1. The standard InChI is InChI=1S/C18H18ClNOS.C16H19N3S/c1-20(2)9-10-21-16-11-13-5-3-4-6-17(13)22-18-8-7-14(19)12-15(16)18;1-18(2)11-6-12-19-13-7-3-4-8-14(13)20-15-9-5-10-17-16(15)19/h3-8,11-12H,9-10H2,1-2H3;3-5,7-10H,6,11-12H2,1-2H3. The normalized spacial score (nSPS) is 13.2. The van der Waals surface area contributed by atoms with Gasteiger partial charge in [0.1, 0.15) is 18.2 Å². The molecule has 5 nitrogen and oxygen atoms in total. The van der Waals surface area contributed by atoms with E-state index in [0.29, 0.717) is 6.61 Å². The number of hydrogen-bond donors (Lipinski definition) is 0. The summed E-state index contributed by atoms with van der Waals surface area (Å²) in [5.41, 5.74) is 3.52. The number of aromatic nitrogens is 1. The van der Waals surface area contributed by atoms with Gasteiger partial charge >= 0.3 is 0 Å². The van der Waals surface area contributed by atoms with E-state index in [1.165, 1.54) is 30.8 Å². The van der Waals surface area contributed by atoms with Crippen molar-refractivity contribution in [1.29, 1.82) is 0 Å². The van der Waals surface area contributed by atoms with Gasteiger partial charge in [0.05, 0.1) is 10.6 Å². The zero-order chi connectivity index (χ0) is 29.5. The van der Waals surface area contributed by atoms with Crippen molar-refractivity contribution in [3.05, 3.63) is 101 Å². The first-order chi connectivity index (χ1) is 20.4. The molecule has 0 radical (unpaired) electrons. The van der Waals surface area contributed by atoms with Crippen molar-refractivity contribution in [1.82, 2.24) is 14.8 Å². The Balaban J connectivity index is 0.000000169. The molecule has 2 aliphatic rings. The summed E-state index contributed by atoms with van der Waals surface area (Å²) in [6.45, 7) is 3.62. The maximum atomic E-state index is 6.19. The van der Waals surface area contributed by atoms with Crippen LogP contribution in [-0.4, -0.2) is 69.2 Å². The summed E-state index contributed by atoms with van der Waals surface area (Å²) in [5.74, 6) is 1.98. The number of fused-ring (bicyclic) bond motifs is 4. The van der Waals surface area contributed by atoms with Gasteiger partial charge in [-0.15, -0.1) is 0 Å². The van der Waals surface area contributed by atoms with Crippen LogP contribution in [0.4, 0.5) is 11.5 Å². The van der Waals surface area contributed by atoms with Gasteiger partial charge in [0, 0.05) is 44.6 Å². The van der Waals surface area contributed by atoms with Crippen LogP contribution in [0.25, 0.3) is 11.8 Å². The monoisotopic (exact) mass is 616 g/mol. The molecule has 2 aliphatic heterocycles. The number of ether oxygens (including phenoxy) is 1. The average molecular weight is 617 g/mol. The molecule has 1 aromatic heterocycles. The topological polar surface area (TPSA) is 31.8 Å². The van der Waals surface area contributed by atoms with Gasteiger partial charge in [-0.2, -0.15) is 0 Å². The number of hydrogen-bond acceptors (Lipinski definition) is 7. The molecule has 6 rings (SSSR count). The van der Waals surface area contributed by atoms with Crippen LogP contribution in [0.5, 0.6) is 0 Å². The maximum absolute atomic E-state index is 6.19. The van der Waals surface area contributed by atoms with Crippen LogP contribution in [0.15, 0.2) is 105 Å². The van der Waals surface area contributed by atoms with Crippen LogP contribution in [0.3, 0.4) is 0 Å². The van der Waals surface area contributed by atoms with E-state index in [4.69, 9.17) is 16.3 Å². The Hall–Kier alpha value is -2.94. The molecule has 0 amide bonds. The van der Waals surface area contributed by atoms with Gasteiger partial charge in [-0.3, -0.25) is 0 Å². The summed E-state index contributed by atoms with van der Waals surface area (Å²) in [5, 5.41) is 0.729. The fourth-order valence-corrected chi connectivity index (χ4v) is 6.98. The van der Waals surface area contributed by atoms with Crippen LogP contribution in [0.2, 0.25) is 5.02 Å². The molecular weight excluding hydrogens is 580 g/mol. The summed E-state index contributed by atoms with van der Waals surface area (Å²) in [4.78, 5) is 16.2. The van der Waals surface area contributed by atoms with E-state index in [9.17, 15) is 0 Å². The third kappa shape index (κ3) is 7.71. The molecule has 0 spiro atoms. The van der Waals surface area contributed by atoms with Crippen LogP contribution in [-0.2, 0) is 4.74 Å². The molecule has 0 N–H and O–H groups in total. The Labute approximate surface area is 263 Å². The second kappa shape index (κ2) is 14.5. The lowest BCUT2D eigenvalue weighted by Crippen LogP contribution is -2.26. The molecule has 8 heteroatoms. The molecule has 0 unspecified atom stereocenters. The predicted octanol–water partition coefficient (Wildman–Crippen LogP) is 8.52. The number of halogens is 1. The van der Waals surface area contributed by atoms with E-state index in [-0.39, 0.29) is 0 Å². The van der Waals surface area contributed by atoms with Gasteiger partial charge in [0.25, 0.3) is 0 Å². The Morgan fingerprint density at radius 1 is 0.786 bits per heavy atom. The lowest BCUT2D eigenvalue weighted by Gasteiger charge is -2.31. The van der Waals surface area contributed by atoms with E-state index in [1.807, 2.05) is 50.3 Å². The number of nitrogens with zero attached hydrogens (tertiary/aromatic N) is 4. The number of para-hydroxylation sites is 1. The summed E-state index contributed by atoms with van der Waals surface area (Å²) < 4.78 is 6.06. The minimum absolute atomic E-state index is 0.650. The van der Waals surface area contributed by atoms with Crippen molar-refractivity contribution in [2.75, 3.05) is 59.3 Å². The molecule has 0 fully saturated rings. The van der Waals surface area contributed by atoms with Crippen molar-refractivity contribution in [2.24, 2.45) is 0 Å². The highest BCUT2D eigenvalue weighted by Crippen LogP contribution is 2.46. The van der Waals surface area contributed by atoms with E-state index < -0.39 is 0 Å². The van der Waals surface area contributed by atoms with Crippen LogP contribution < -0.4 is 4.90 Å². The minimum atomic E-state index is 0.650. The van der Waals surface area contributed by atoms with Gasteiger partial charge < -0.3 is 19.4 Å². The third-order valence-electron chi connectivity index (χ3n) is 6.80. The molecule has 4 aromatic rings. The van der Waals surface area contributed by atoms with Crippen molar-refractivity contribution in [2.45, 2.75) is 26.0 Å². The number of benzene rings is 3. The lowest BCUT2D eigenvalue weighted by molar-refractivity contribution is 0.233. The smallest absolute Gasteiger partial charge is 0.147 e. The predicted molar refractivity (Wildman–Crippen MR) is 179 cm³/mol.